The van der Waals surface area contributed by atoms with Crippen LogP contribution in [0, 0.1) is 17.7 Å². The number of carbonyl (C=O) groups is 1. The van der Waals surface area contributed by atoms with Gasteiger partial charge in [-0.2, -0.15) is 0 Å². The molecule has 0 bridgehead atoms. The molecule has 0 aliphatic carbocycles. The van der Waals surface area contributed by atoms with Crippen molar-refractivity contribution in [2.45, 2.75) is 40.2 Å². The number of nitrogens with one attached hydrogen (secondary N) is 1. The van der Waals surface area contributed by atoms with Crippen LogP contribution < -0.4 is 5.32 Å². The number of carbonyl (C=O) groups excluding carboxylic acids is 1. The fraction of sp³-hybridized carbons (Fsp3) is 0.476. The lowest BCUT2D eigenvalue weighted by atomic mass is 9.77. The highest BCUT2D eigenvalue weighted by Crippen LogP contribution is 2.39. The minimum atomic E-state index is -0.991. The van der Waals surface area contributed by atoms with Crippen molar-refractivity contribution >= 4 is 23.1 Å². The summed E-state index contributed by atoms with van der Waals surface area (Å²) < 4.78 is 18.8. The summed E-state index contributed by atoms with van der Waals surface area (Å²) in [6.07, 6.45) is 1.90. The zero-order chi connectivity index (χ0) is 19.5. The van der Waals surface area contributed by atoms with Crippen LogP contribution in [0.25, 0.3) is 5.57 Å². The molecule has 5 heteroatoms. The van der Waals surface area contributed by atoms with Gasteiger partial charge in [-0.25, -0.2) is 9.18 Å². The van der Waals surface area contributed by atoms with E-state index in [2.05, 4.69) is 19.2 Å². The van der Waals surface area contributed by atoms with E-state index in [1.54, 1.807) is 19.1 Å². The predicted molar refractivity (Wildman–Crippen MR) is 104 cm³/mol. The molecule has 26 heavy (non-hydrogen) atoms. The fourth-order valence-electron chi connectivity index (χ4n) is 3.23. The Bertz CT molecular complexity index is 722. The van der Waals surface area contributed by atoms with Gasteiger partial charge in [0.1, 0.15) is 5.82 Å². The number of hydrogen-bond acceptors (Lipinski definition) is 3. The third-order valence-corrected chi connectivity index (χ3v) is 5.02. The maximum absolute atomic E-state index is 13.4. The molecule has 0 saturated heterocycles. The quantitative estimate of drug-likeness (QED) is 0.563. The van der Waals surface area contributed by atoms with Crippen molar-refractivity contribution in [3.63, 3.8) is 0 Å². The van der Waals surface area contributed by atoms with Crippen molar-refractivity contribution in [2.24, 2.45) is 11.8 Å². The second-order valence-electron chi connectivity index (χ2n) is 7.11. The summed E-state index contributed by atoms with van der Waals surface area (Å²) in [4.78, 5) is 12.9. The maximum atomic E-state index is 13.4. The smallest absolute Gasteiger partial charge is 0.336 e. The van der Waals surface area contributed by atoms with Crippen LogP contribution in [-0.2, 0) is 9.53 Å². The number of allylic oxidation sites excluding steroid dienone is 3. The highest BCUT2D eigenvalue weighted by molar-refractivity contribution is 6.21. The molecule has 0 spiro atoms. The molecule has 1 aliphatic rings. The zero-order valence-electron chi connectivity index (χ0n) is 16.0. The fourth-order valence-corrected chi connectivity index (χ4v) is 3.51. The van der Waals surface area contributed by atoms with E-state index in [1.165, 1.54) is 12.1 Å². The van der Waals surface area contributed by atoms with Gasteiger partial charge in [0.05, 0.1) is 6.61 Å². The number of hydrogen-bond donors (Lipinski definition) is 1. The molecule has 142 valence electrons. The molecule has 1 N–H and O–H groups in total. The van der Waals surface area contributed by atoms with E-state index in [9.17, 15) is 9.18 Å². The van der Waals surface area contributed by atoms with Gasteiger partial charge in [0.2, 0.25) is 0 Å². The Hall–Kier alpha value is -1.81. The van der Waals surface area contributed by atoms with E-state index < -0.39 is 5.54 Å². The number of alkyl halides is 1. The average Bonchev–Trinajstić information content (AvgIpc) is 2.61. The number of dihydropyridines is 1. The van der Waals surface area contributed by atoms with Gasteiger partial charge in [-0.1, -0.05) is 39.8 Å². The van der Waals surface area contributed by atoms with E-state index in [0.29, 0.717) is 12.5 Å². The van der Waals surface area contributed by atoms with E-state index in [-0.39, 0.29) is 23.6 Å². The number of ether oxygens (including phenoxy) is 1. The predicted octanol–water partition coefficient (Wildman–Crippen LogP) is 4.92. The lowest BCUT2D eigenvalue weighted by Crippen LogP contribution is -2.57. The van der Waals surface area contributed by atoms with Gasteiger partial charge in [-0.3, -0.25) is 0 Å². The summed E-state index contributed by atoms with van der Waals surface area (Å²) in [5.74, 6) is -0.241. The van der Waals surface area contributed by atoms with Crippen LogP contribution in [0.1, 0.15) is 40.2 Å². The van der Waals surface area contributed by atoms with Crippen molar-refractivity contribution < 1.29 is 13.9 Å². The SMILES string of the molecule is CCOC(=O)C1(C(C)C)C=C(c2ccc(F)cc2)C(CCl)=C(C(C)C)N1. The Morgan fingerprint density at radius 3 is 2.31 bits per heavy atom. The van der Waals surface area contributed by atoms with Crippen LogP contribution in [0.15, 0.2) is 41.6 Å². The van der Waals surface area contributed by atoms with Gasteiger partial charge < -0.3 is 10.1 Å². The topological polar surface area (TPSA) is 38.3 Å². The summed E-state index contributed by atoms with van der Waals surface area (Å²) in [7, 11) is 0. The normalized spacial score (nSPS) is 20.3. The van der Waals surface area contributed by atoms with Crippen LogP contribution in [0.5, 0.6) is 0 Å². The molecule has 0 fully saturated rings. The summed E-state index contributed by atoms with van der Waals surface area (Å²) in [5.41, 5.74) is 2.53. The van der Waals surface area contributed by atoms with E-state index in [4.69, 9.17) is 16.3 Å². The number of benzene rings is 1. The summed E-state index contributed by atoms with van der Waals surface area (Å²) in [6, 6.07) is 6.27. The van der Waals surface area contributed by atoms with Crippen molar-refractivity contribution in [2.75, 3.05) is 12.5 Å². The number of halogens is 2. The lowest BCUT2D eigenvalue weighted by Gasteiger charge is -2.41. The Labute approximate surface area is 160 Å². The van der Waals surface area contributed by atoms with Gasteiger partial charge in [0.25, 0.3) is 0 Å². The Kier molecular flexibility index (Phi) is 6.51. The zero-order valence-corrected chi connectivity index (χ0v) is 16.8. The summed E-state index contributed by atoms with van der Waals surface area (Å²) in [5, 5.41) is 3.43. The molecule has 1 atom stereocenters. The molecule has 3 nitrogen and oxygen atoms in total. The molecule has 1 unspecified atom stereocenters. The molecular weight excluding hydrogens is 353 g/mol. The van der Waals surface area contributed by atoms with Crippen LogP contribution in [-0.4, -0.2) is 24.0 Å². The van der Waals surface area contributed by atoms with Crippen LogP contribution in [0.2, 0.25) is 0 Å². The molecule has 0 aromatic heterocycles. The Morgan fingerprint density at radius 1 is 1.23 bits per heavy atom. The summed E-state index contributed by atoms with van der Waals surface area (Å²) in [6.45, 7) is 10.2. The molecular formula is C21H27ClFNO2. The average molecular weight is 380 g/mol. The van der Waals surface area contributed by atoms with Crippen molar-refractivity contribution in [3.05, 3.63) is 53.0 Å². The Balaban J connectivity index is 2.72. The van der Waals surface area contributed by atoms with Crippen molar-refractivity contribution in [3.8, 4) is 0 Å². The molecule has 1 heterocycles. The maximum Gasteiger partial charge on any atom is 0.336 e. The molecule has 0 amide bonds. The van der Waals surface area contributed by atoms with Gasteiger partial charge in [0, 0.05) is 11.6 Å². The van der Waals surface area contributed by atoms with Gasteiger partial charge >= 0.3 is 5.97 Å². The minimum Gasteiger partial charge on any atom is -0.464 e. The third-order valence-electron chi connectivity index (χ3n) is 4.75. The number of esters is 1. The largest absolute Gasteiger partial charge is 0.464 e. The third kappa shape index (κ3) is 3.80. The molecule has 1 aromatic carbocycles. The summed E-state index contributed by atoms with van der Waals surface area (Å²) >= 11 is 6.28. The monoisotopic (exact) mass is 379 g/mol. The van der Waals surface area contributed by atoms with Crippen LogP contribution in [0.3, 0.4) is 0 Å². The Morgan fingerprint density at radius 2 is 1.85 bits per heavy atom. The first-order chi connectivity index (χ1) is 12.3. The molecule has 0 radical (unpaired) electrons. The van der Waals surface area contributed by atoms with E-state index >= 15 is 0 Å². The van der Waals surface area contributed by atoms with Gasteiger partial charge in [0.15, 0.2) is 5.54 Å². The first-order valence-electron chi connectivity index (χ1n) is 9.00. The highest BCUT2D eigenvalue weighted by Gasteiger charge is 2.45. The van der Waals surface area contributed by atoms with Gasteiger partial charge in [-0.05, 0) is 53.7 Å². The first-order valence-corrected chi connectivity index (χ1v) is 9.53. The van der Waals surface area contributed by atoms with Crippen molar-refractivity contribution in [1.29, 1.82) is 0 Å². The second kappa shape index (κ2) is 8.26. The molecule has 2 rings (SSSR count). The van der Waals surface area contributed by atoms with Crippen molar-refractivity contribution in [1.82, 2.24) is 5.32 Å². The number of rotatable bonds is 6. The van der Waals surface area contributed by atoms with Crippen LogP contribution in [0.4, 0.5) is 4.39 Å². The lowest BCUT2D eigenvalue weighted by molar-refractivity contribution is -0.150. The first kappa shape index (κ1) is 20.5. The molecule has 1 aliphatic heterocycles. The van der Waals surface area contributed by atoms with Crippen LogP contribution >= 0.6 is 11.6 Å². The van der Waals surface area contributed by atoms with Gasteiger partial charge in [-0.15, -0.1) is 11.6 Å². The van der Waals surface area contributed by atoms with E-state index in [0.717, 1.165) is 22.4 Å². The minimum absolute atomic E-state index is 0.0531. The molecule has 1 aromatic rings. The molecule has 0 saturated carbocycles. The van der Waals surface area contributed by atoms with E-state index in [1.807, 2.05) is 19.9 Å². The second-order valence-corrected chi connectivity index (χ2v) is 7.38. The highest BCUT2D eigenvalue weighted by atomic mass is 35.5. The standard InChI is InChI=1S/C21H27ClFNO2/c1-6-26-20(25)21(14(4)5)11-17(15-7-9-16(23)10-8-15)18(12-22)19(24-21)13(2)3/h7-11,13-14,24H,6,12H2,1-5H3.